The number of benzene rings is 3. The highest BCUT2D eigenvalue weighted by Crippen LogP contribution is 2.31. The van der Waals surface area contributed by atoms with Crippen LogP contribution < -0.4 is 9.62 Å². The number of nitrogens with zero attached hydrogens (tertiary/aromatic N) is 1. The molecule has 3 aromatic carbocycles. The Morgan fingerprint density at radius 2 is 1.64 bits per heavy atom. The van der Waals surface area contributed by atoms with Gasteiger partial charge in [-0.1, -0.05) is 53.6 Å². The van der Waals surface area contributed by atoms with Crippen molar-refractivity contribution in [2.75, 3.05) is 10.8 Å². The summed E-state index contributed by atoms with van der Waals surface area (Å²) in [5, 5.41) is 3.36. The van der Waals surface area contributed by atoms with Crippen molar-refractivity contribution in [2.24, 2.45) is 0 Å². The molecule has 0 saturated heterocycles. The second kappa shape index (κ2) is 9.98. The van der Waals surface area contributed by atoms with Crippen LogP contribution in [0.15, 0.2) is 65.6 Å². The van der Waals surface area contributed by atoms with E-state index in [0.29, 0.717) is 16.3 Å². The Labute approximate surface area is 201 Å². The number of carbonyl (C=O) groups is 1. The van der Waals surface area contributed by atoms with Gasteiger partial charge in [0.15, 0.2) is 0 Å². The van der Waals surface area contributed by atoms with E-state index >= 15 is 0 Å². The van der Waals surface area contributed by atoms with Gasteiger partial charge in [0.2, 0.25) is 5.91 Å². The lowest BCUT2D eigenvalue weighted by Crippen LogP contribution is -2.42. The van der Waals surface area contributed by atoms with Crippen LogP contribution in [-0.4, -0.2) is 20.9 Å². The number of anilines is 1. The van der Waals surface area contributed by atoms with Crippen molar-refractivity contribution in [1.29, 1.82) is 0 Å². The van der Waals surface area contributed by atoms with E-state index in [-0.39, 0.29) is 17.5 Å². The van der Waals surface area contributed by atoms with Gasteiger partial charge < -0.3 is 5.32 Å². The van der Waals surface area contributed by atoms with Crippen molar-refractivity contribution >= 4 is 33.2 Å². The quantitative estimate of drug-likeness (QED) is 0.471. The molecule has 0 aliphatic rings. The predicted octanol–water partition coefficient (Wildman–Crippen LogP) is 5.65. The number of sulfonamides is 1. The Balaban J connectivity index is 1.94. The molecule has 33 heavy (non-hydrogen) atoms. The van der Waals surface area contributed by atoms with Gasteiger partial charge in [0.1, 0.15) is 6.54 Å². The summed E-state index contributed by atoms with van der Waals surface area (Å²) in [7, 11) is -4.00. The first kappa shape index (κ1) is 24.8. The van der Waals surface area contributed by atoms with Crippen molar-refractivity contribution in [1.82, 2.24) is 5.32 Å². The molecule has 0 spiro atoms. The number of amides is 1. The molecule has 0 radical (unpaired) electrons. The van der Waals surface area contributed by atoms with E-state index in [2.05, 4.69) is 5.32 Å². The van der Waals surface area contributed by atoms with E-state index in [0.717, 1.165) is 21.0 Å². The monoisotopic (exact) mass is 484 g/mol. The second-order valence-corrected chi connectivity index (χ2v) is 10.6. The highest BCUT2D eigenvalue weighted by atomic mass is 35.5. The van der Waals surface area contributed by atoms with Gasteiger partial charge in [-0.15, -0.1) is 0 Å². The minimum Gasteiger partial charge on any atom is -0.348 e. The maximum atomic E-state index is 13.6. The average Bonchev–Trinajstić information content (AvgIpc) is 2.76. The van der Waals surface area contributed by atoms with Gasteiger partial charge in [-0.3, -0.25) is 9.10 Å². The fourth-order valence-electron chi connectivity index (χ4n) is 3.54. The number of aryl methyl sites for hydroxylation is 3. The van der Waals surface area contributed by atoms with Crippen LogP contribution in [0, 0.1) is 27.7 Å². The van der Waals surface area contributed by atoms with Crippen LogP contribution in [0.25, 0.3) is 0 Å². The summed E-state index contributed by atoms with van der Waals surface area (Å²) in [6, 6.07) is 17.3. The van der Waals surface area contributed by atoms with Crippen LogP contribution in [-0.2, 0) is 14.8 Å². The molecule has 5 nitrogen and oxygen atoms in total. The molecule has 0 aliphatic heterocycles. The average molecular weight is 485 g/mol. The zero-order chi connectivity index (χ0) is 24.3. The van der Waals surface area contributed by atoms with Gasteiger partial charge in [-0.2, -0.15) is 0 Å². The smallest absolute Gasteiger partial charge is 0.264 e. The lowest BCUT2D eigenvalue weighted by molar-refractivity contribution is -0.120. The highest BCUT2D eigenvalue weighted by molar-refractivity contribution is 7.92. The number of rotatable bonds is 7. The molecule has 7 heteroatoms. The summed E-state index contributed by atoms with van der Waals surface area (Å²) in [6.07, 6.45) is 0. The summed E-state index contributed by atoms with van der Waals surface area (Å²) < 4.78 is 28.3. The van der Waals surface area contributed by atoms with Crippen LogP contribution in [0.1, 0.15) is 40.8 Å². The zero-order valence-electron chi connectivity index (χ0n) is 19.5. The fraction of sp³-hybridized carbons (Fsp3) is 0.269. The number of hydrogen-bond donors (Lipinski definition) is 1. The second-order valence-electron chi connectivity index (χ2n) is 8.34. The van der Waals surface area contributed by atoms with E-state index in [9.17, 15) is 13.2 Å². The van der Waals surface area contributed by atoms with E-state index in [1.807, 2.05) is 45.9 Å². The third-order valence-electron chi connectivity index (χ3n) is 5.81. The molecule has 1 atom stereocenters. The lowest BCUT2D eigenvalue weighted by Gasteiger charge is -2.27. The van der Waals surface area contributed by atoms with E-state index in [4.69, 9.17) is 11.6 Å². The summed E-state index contributed by atoms with van der Waals surface area (Å²) >= 11 is 6.28. The minimum absolute atomic E-state index is 0.113. The topological polar surface area (TPSA) is 66.5 Å². The van der Waals surface area contributed by atoms with E-state index < -0.39 is 15.9 Å². The molecule has 1 amide bonds. The fourth-order valence-corrected chi connectivity index (χ4v) is 5.19. The molecule has 174 valence electrons. The SMILES string of the molecule is Cc1ccc(S(=O)(=O)N(CC(=O)NC(C)c2ccc(C)c(C)c2)c2cccc(Cl)c2C)cc1. The van der Waals surface area contributed by atoms with Gasteiger partial charge in [0, 0.05) is 5.02 Å². The molecule has 3 aromatic rings. The van der Waals surface area contributed by atoms with E-state index in [1.54, 1.807) is 49.4 Å². The molecule has 0 saturated carbocycles. The normalized spacial score (nSPS) is 12.3. The zero-order valence-corrected chi connectivity index (χ0v) is 21.1. The molecular weight excluding hydrogens is 456 g/mol. The number of nitrogens with one attached hydrogen (secondary N) is 1. The van der Waals surface area contributed by atoms with Gasteiger partial charge >= 0.3 is 0 Å². The van der Waals surface area contributed by atoms with Crippen molar-refractivity contribution in [3.8, 4) is 0 Å². The maximum Gasteiger partial charge on any atom is 0.264 e. The van der Waals surface area contributed by atoms with Crippen molar-refractivity contribution < 1.29 is 13.2 Å². The number of hydrogen-bond acceptors (Lipinski definition) is 3. The van der Waals surface area contributed by atoms with Crippen molar-refractivity contribution in [2.45, 2.75) is 45.6 Å². The third-order valence-corrected chi connectivity index (χ3v) is 8.00. The summed E-state index contributed by atoms with van der Waals surface area (Å²) in [4.78, 5) is 13.2. The van der Waals surface area contributed by atoms with Gasteiger partial charge in [-0.25, -0.2) is 8.42 Å². The third kappa shape index (κ3) is 5.57. The molecule has 3 rings (SSSR count). The molecular formula is C26H29ClN2O3S. The summed E-state index contributed by atoms with van der Waals surface area (Å²) in [5.41, 5.74) is 5.16. The molecule has 0 fully saturated rings. The van der Waals surface area contributed by atoms with Crippen LogP contribution in [0.2, 0.25) is 5.02 Å². The largest absolute Gasteiger partial charge is 0.348 e. The predicted molar refractivity (Wildman–Crippen MR) is 134 cm³/mol. The van der Waals surface area contributed by atoms with Crippen molar-refractivity contribution in [3.05, 3.63) is 93.5 Å². The highest BCUT2D eigenvalue weighted by Gasteiger charge is 2.29. The first-order valence-corrected chi connectivity index (χ1v) is 12.5. The Hall–Kier alpha value is -2.83. The Morgan fingerprint density at radius 1 is 0.970 bits per heavy atom. The number of halogens is 1. The summed E-state index contributed by atoms with van der Waals surface area (Å²) in [6.45, 7) is 9.19. The van der Waals surface area contributed by atoms with Crippen molar-refractivity contribution in [3.63, 3.8) is 0 Å². The van der Waals surface area contributed by atoms with Gasteiger partial charge in [0.25, 0.3) is 10.0 Å². The van der Waals surface area contributed by atoms with Crippen LogP contribution in [0.5, 0.6) is 0 Å². The Morgan fingerprint density at radius 3 is 2.27 bits per heavy atom. The van der Waals surface area contributed by atoms with Crippen LogP contribution >= 0.6 is 11.6 Å². The molecule has 0 aromatic heterocycles. The van der Waals surface area contributed by atoms with Crippen LogP contribution in [0.3, 0.4) is 0 Å². The van der Waals surface area contributed by atoms with Gasteiger partial charge in [-0.05, 0) is 81.1 Å². The standard InChI is InChI=1S/C26H29ClN2O3S/c1-17-9-13-23(14-10-17)33(31,32)29(25-8-6-7-24(27)20(25)4)16-26(30)28-21(5)22-12-11-18(2)19(3)15-22/h6-15,21H,16H2,1-5H3,(H,28,30). The first-order valence-electron chi connectivity index (χ1n) is 10.7. The van der Waals surface area contributed by atoms with E-state index in [1.165, 1.54) is 5.56 Å². The molecule has 1 N–H and O–H groups in total. The Kier molecular flexibility index (Phi) is 7.50. The number of carbonyl (C=O) groups excluding carboxylic acids is 1. The minimum atomic E-state index is -4.00. The molecule has 0 bridgehead atoms. The molecule has 0 heterocycles. The first-order chi connectivity index (χ1) is 15.5. The Bertz CT molecular complexity index is 1270. The van der Waals surface area contributed by atoms with Gasteiger partial charge in [0.05, 0.1) is 16.6 Å². The molecule has 0 aliphatic carbocycles. The summed E-state index contributed by atoms with van der Waals surface area (Å²) in [5.74, 6) is -0.407. The lowest BCUT2D eigenvalue weighted by atomic mass is 10.0. The maximum absolute atomic E-state index is 13.6. The molecule has 1 unspecified atom stereocenters. The van der Waals surface area contributed by atoms with Crippen LogP contribution in [0.4, 0.5) is 5.69 Å².